The molecule has 3 saturated heterocycles. The Balaban J connectivity index is 1.42. The zero-order valence-corrected chi connectivity index (χ0v) is 18.3. The van der Waals surface area contributed by atoms with E-state index in [0.29, 0.717) is 12.0 Å². The normalized spacial score (nSPS) is 26.5. The van der Waals surface area contributed by atoms with Crippen LogP contribution in [0.25, 0.3) is 11.3 Å². The van der Waals surface area contributed by atoms with Crippen molar-refractivity contribution in [2.24, 2.45) is 11.8 Å². The van der Waals surface area contributed by atoms with Gasteiger partial charge in [0.15, 0.2) is 0 Å². The van der Waals surface area contributed by atoms with Gasteiger partial charge in [0.2, 0.25) is 5.91 Å². The maximum absolute atomic E-state index is 12.5. The molecule has 0 spiro atoms. The van der Waals surface area contributed by atoms with E-state index in [1.807, 2.05) is 18.8 Å². The van der Waals surface area contributed by atoms with Crippen LogP contribution in [0, 0.1) is 11.8 Å². The number of aromatic nitrogens is 3. The first kappa shape index (κ1) is 20.1. The molecule has 5 rings (SSSR count). The van der Waals surface area contributed by atoms with Gasteiger partial charge >= 0.3 is 0 Å². The van der Waals surface area contributed by atoms with Gasteiger partial charge in [0.05, 0.1) is 18.7 Å². The van der Waals surface area contributed by atoms with Crippen molar-refractivity contribution in [3.63, 3.8) is 0 Å². The van der Waals surface area contributed by atoms with Crippen LogP contribution < -0.4 is 0 Å². The van der Waals surface area contributed by atoms with Gasteiger partial charge in [0.25, 0.3) is 0 Å². The number of carbonyl (C=O) groups excluding carboxylic acids is 1. The highest BCUT2D eigenvalue weighted by Crippen LogP contribution is 2.37. The number of amides is 1. The second-order valence-corrected chi connectivity index (χ2v) is 9.93. The number of carbonyl (C=O) groups is 1. The fourth-order valence-corrected chi connectivity index (χ4v) is 4.82. The molecular weight excluding hydrogens is 362 g/mol. The summed E-state index contributed by atoms with van der Waals surface area (Å²) in [5.41, 5.74) is 3.49. The van der Waals surface area contributed by atoms with Crippen LogP contribution in [0.3, 0.4) is 0 Å². The number of hydrogen-bond donors (Lipinski definition) is 0. The van der Waals surface area contributed by atoms with Crippen molar-refractivity contribution in [2.45, 2.75) is 51.6 Å². The molecule has 4 heterocycles. The molecule has 1 unspecified atom stereocenters. The Hall–Kier alpha value is -2.21. The molecule has 6 nitrogen and oxygen atoms in total. The van der Waals surface area contributed by atoms with Gasteiger partial charge < -0.3 is 4.90 Å². The molecule has 3 fully saturated rings. The van der Waals surface area contributed by atoms with Crippen LogP contribution in [-0.4, -0.2) is 63.9 Å². The standard InChI is InChI=1S/C23H33N5O/c1-23(2,3)18-8-6-16(7-9-18)21-15-28(25-24-21)13-19-12-17-10-11-27(19)14-20(17)22(29)26(4)5/h6-9,15,17,19-20H,10-14H2,1-5H3/t17-,19-,20+/m1/s1. The van der Waals surface area contributed by atoms with E-state index < -0.39 is 0 Å². The summed E-state index contributed by atoms with van der Waals surface area (Å²) in [7, 11) is 3.73. The molecule has 1 aromatic heterocycles. The number of benzene rings is 1. The summed E-state index contributed by atoms with van der Waals surface area (Å²) in [5, 5.41) is 8.79. The smallest absolute Gasteiger partial charge is 0.226 e. The highest BCUT2D eigenvalue weighted by atomic mass is 16.2. The fraction of sp³-hybridized carbons (Fsp3) is 0.609. The van der Waals surface area contributed by atoms with Crippen LogP contribution in [0.2, 0.25) is 0 Å². The number of hydrogen-bond acceptors (Lipinski definition) is 4. The highest BCUT2D eigenvalue weighted by molar-refractivity contribution is 5.79. The van der Waals surface area contributed by atoms with Crippen LogP contribution in [0.4, 0.5) is 0 Å². The van der Waals surface area contributed by atoms with Crippen LogP contribution >= 0.6 is 0 Å². The molecule has 3 aliphatic heterocycles. The molecular formula is C23H33N5O. The topological polar surface area (TPSA) is 54.3 Å². The van der Waals surface area contributed by atoms with Crippen LogP contribution in [0.15, 0.2) is 30.5 Å². The minimum absolute atomic E-state index is 0.150. The Morgan fingerprint density at radius 2 is 1.93 bits per heavy atom. The highest BCUT2D eigenvalue weighted by Gasteiger charge is 2.43. The second-order valence-electron chi connectivity index (χ2n) is 9.93. The first-order valence-corrected chi connectivity index (χ1v) is 10.7. The zero-order chi connectivity index (χ0) is 20.8. The quantitative estimate of drug-likeness (QED) is 0.798. The summed E-state index contributed by atoms with van der Waals surface area (Å²) in [6, 6.07) is 9.08. The molecule has 2 aromatic rings. The van der Waals surface area contributed by atoms with Gasteiger partial charge in [-0.2, -0.15) is 0 Å². The molecule has 0 N–H and O–H groups in total. The molecule has 1 amide bonds. The third-order valence-electron chi connectivity index (χ3n) is 6.62. The predicted molar refractivity (Wildman–Crippen MR) is 114 cm³/mol. The minimum Gasteiger partial charge on any atom is -0.349 e. The van der Waals surface area contributed by atoms with Gasteiger partial charge in [-0.25, -0.2) is 0 Å². The minimum atomic E-state index is 0.150. The zero-order valence-electron chi connectivity index (χ0n) is 18.3. The summed E-state index contributed by atoms with van der Waals surface area (Å²) in [4.78, 5) is 16.7. The van der Waals surface area contributed by atoms with Crippen molar-refractivity contribution >= 4 is 5.91 Å². The van der Waals surface area contributed by atoms with Crippen molar-refractivity contribution in [1.82, 2.24) is 24.8 Å². The first-order chi connectivity index (χ1) is 13.7. The lowest BCUT2D eigenvalue weighted by molar-refractivity contribution is -0.141. The number of nitrogens with zero attached hydrogens (tertiary/aromatic N) is 5. The molecule has 4 atom stereocenters. The van der Waals surface area contributed by atoms with E-state index in [1.54, 1.807) is 4.90 Å². The number of piperidine rings is 3. The van der Waals surface area contributed by atoms with Crippen molar-refractivity contribution in [2.75, 3.05) is 27.2 Å². The van der Waals surface area contributed by atoms with Crippen LogP contribution in [0.5, 0.6) is 0 Å². The third kappa shape index (κ3) is 4.08. The molecule has 29 heavy (non-hydrogen) atoms. The lowest BCUT2D eigenvalue weighted by Crippen LogP contribution is -2.57. The third-order valence-corrected chi connectivity index (χ3v) is 6.62. The van der Waals surface area contributed by atoms with Crippen molar-refractivity contribution in [1.29, 1.82) is 0 Å². The summed E-state index contributed by atoms with van der Waals surface area (Å²) >= 11 is 0. The molecule has 2 bridgehead atoms. The van der Waals surface area contributed by atoms with E-state index in [4.69, 9.17) is 0 Å². The van der Waals surface area contributed by atoms with Crippen LogP contribution in [-0.2, 0) is 16.8 Å². The Labute approximate surface area is 173 Å². The van der Waals surface area contributed by atoms with Gasteiger partial charge in [0, 0.05) is 32.2 Å². The van der Waals surface area contributed by atoms with Gasteiger partial charge in [-0.1, -0.05) is 50.3 Å². The van der Waals surface area contributed by atoms with Gasteiger partial charge in [-0.15, -0.1) is 5.10 Å². The van der Waals surface area contributed by atoms with Gasteiger partial charge in [-0.05, 0) is 36.3 Å². The lowest BCUT2D eigenvalue weighted by Gasteiger charge is -2.49. The van der Waals surface area contributed by atoms with Crippen molar-refractivity contribution in [3.05, 3.63) is 36.0 Å². The molecule has 6 heteroatoms. The molecule has 1 aromatic carbocycles. The number of fused-ring (bicyclic) bond motifs is 3. The van der Waals surface area contributed by atoms with E-state index in [0.717, 1.165) is 43.7 Å². The van der Waals surface area contributed by atoms with E-state index in [-0.39, 0.29) is 17.2 Å². The molecule has 0 radical (unpaired) electrons. The Bertz CT molecular complexity index is 864. The van der Waals surface area contributed by atoms with Crippen LogP contribution in [0.1, 0.15) is 39.2 Å². The molecule has 3 aliphatic rings. The van der Waals surface area contributed by atoms with E-state index >= 15 is 0 Å². The number of rotatable bonds is 4. The van der Waals surface area contributed by atoms with Crippen molar-refractivity contribution in [3.8, 4) is 11.3 Å². The van der Waals surface area contributed by atoms with E-state index in [2.05, 4.69) is 66.4 Å². The Morgan fingerprint density at radius 1 is 1.21 bits per heavy atom. The average molecular weight is 396 g/mol. The van der Waals surface area contributed by atoms with Gasteiger partial charge in [0.1, 0.15) is 5.69 Å². The Morgan fingerprint density at radius 3 is 2.52 bits per heavy atom. The van der Waals surface area contributed by atoms with Gasteiger partial charge in [-0.3, -0.25) is 14.4 Å². The summed E-state index contributed by atoms with van der Waals surface area (Å²) in [6.07, 6.45) is 4.25. The predicted octanol–water partition coefficient (Wildman–Crippen LogP) is 3.04. The summed E-state index contributed by atoms with van der Waals surface area (Å²) in [5.74, 6) is 0.926. The van der Waals surface area contributed by atoms with E-state index in [9.17, 15) is 4.79 Å². The van der Waals surface area contributed by atoms with E-state index in [1.165, 1.54) is 5.56 Å². The molecule has 0 saturated carbocycles. The molecule has 0 aliphatic carbocycles. The SMILES string of the molecule is CN(C)C(=O)[C@H]1CN2CC[C@@H]1C[C@@H]2Cn1cc(-c2ccc(C(C)(C)C)cc2)nn1. The maximum Gasteiger partial charge on any atom is 0.226 e. The first-order valence-electron chi connectivity index (χ1n) is 10.7. The maximum atomic E-state index is 12.5. The lowest BCUT2D eigenvalue weighted by atomic mass is 9.75. The fourth-order valence-electron chi connectivity index (χ4n) is 4.82. The summed E-state index contributed by atoms with van der Waals surface area (Å²) in [6.45, 7) is 9.48. The second kappa shape index (κ2) is 7.56. The largest absolute Gasteiger partial charge is 0.349 e. The summed E-state index contributed by atoms with van der Waals surface area (Å²) < 4.78 is 1.97. The Kier molecular flexibility index (Phi) is 5.23. The monoisotopic (exact) mass is 395 g/mol. The average Bonchev–Trinajstić information content (AvgIpc) is 3.15. The van der Waals surface area contributed by atoms with Crippen molar-refractivity contribution < 1.29 is 4.79 Å². The molecule has 156 valence electrons.